The van der Waals surface area contributed by atoms with Gasteiger partial charge in [0.05, 0.1) is 22.3 Å². The maximum absolute atomic E-state index is 12.0. The van der Waals surface area contributed by atoms with E-state index >= 15 is 0 Å². The van der Waals surface area contributed by atoms with E-state index < -0.39 is 0 Å². The molecule has 0 bridgehead atoms. The van der Waals surface area contributed by atoms with E-state index in [1.54, 1.807) is 18.2 Å². The first-order valence-electron chi connectivity index (χ1n) is 6.26. The van der Waals surface area contributed by atoms with E-state index in [4.69, 9.17) is 16.9 Å². The van der Waals surface area contributed by atoms with Gasteiger partial charge in [0, 0.05) is 6.42 Å². The van der Waals surface area contributed by atoms with E-state index in [1.807, 2.05) is 17.8 Å². The molecule has 0 aliphatic carbocycles. The highest BCUT2D eigenvalue weighted by Gasteiger charge is 2.17. The van der Waals surface area contributed by atoms with Gasteiger partial charge < -0.3 is 5.32 Å². The molecule has 0 atom stereocenters. The Kier molecular flexibility index (Phi) is 5.12. The fourth-order valence-corrected chi connectivity index (χ4v) is 3.47. The van der Waals surface area contributed by atoms with Gasteiger partial charge in [-0.2, -0.15) is 17.0 Å². The van der Waals surface area contributed by atoms with E-state index in [9.17, 15) is 4.79 Å². The fraction of sp³-hybridized carbons (Fsp3) is 0.429. The molecule has 0 aromatic heterocycles. The first-order chi connectivity index (χ1) is 9.19. The number of hydrogen-bond donors (Lipinski definition) is 1. The zero-order valence-corrected chi connectivity index (χ0v) is 12.1. The van der Waals surface area contributed by atoms with Crippen LogP contribution in [0.4, 0.5) is 5.69 Å². The van der Waals surface area contributed by atoms with Gasteiger partial charge in [0.2, 0.25) is 5.91 Å². The minimum atomic E-state index is -0.0195. The molecule has 1 aromatic carbocycles. The molecule has 1 saturated heterocycles. The second-order valence-electron chi connectivity index (χ2n) is 4.61. The summed E-state index contributed by atoms with van der Waals surface area (Å²) in [6, 6.07) is 6.91. The predicted molar refractivity (Wildman–Crippen MR) is 79.5 cm³/mol. The van der Waals surface area contributed by atoms with E-state index in [-0.39, 0.29) is 5.91 Å². The number of nitriles is 1. The Morgan fingerprint density at radius 2 is 2.21 bits per heavy atom. The predicted octanol–water partition coefficient (Wildman–Crippen LogP) is 3.68. The molecule has 2 rings (SSSR count). The van der Waals surface area contributed by atoms with Crippen LogP contribution in [0.3, 0.4) is 0 Å². The molecule has 1 aliphatic heterocycles. The molecule has 1 aliphatic rings. The first kappa shape index (κ1) is 14.2. The Morgan fingerprint density at radius 1 is 1.47 bits per heavy atom. The van der Waals surface area contributed by atoms with Crippen LogP contribution in [0.1, 0.15) is 24.8 Å². The molecule has 1 N–H and O–H groups in total. The van der Waals surface area contributed by atoms with E-state index in [0.717, 1.165) is 24.3 Å². The van der Waals surface area contributed by atoms with Crippen LogP contribution in [0.15, 0.2) is 18.2 Å². The van der Waals surface area contributed by atoms with Crippen LogP contribution in [0.25, 0.3) is 0 Å². The third kappa shape index (κ3) is 4.15. The normalized spacial score (nSPS) is 15.8. The van der Waals surface area contributed by atoms with E-state index in [2.05, 4.69) is 5.32 Å². The van der Waals surface area contributed by atoms with Crippen molar-refractivity contribution in [3.05, 3.63) is 28.8 Å². The molecule has 1 heterocycles. The van der Waals surface area contributed by atoms with Gasteiger partial charge in [-0.05, 0) is 48.5 Å². The highest BCUT2D eigenvalue weighted by atomic mass is 35.5. The Hall–Kier alpha value is -1.18. The third-order valence-electron chi connectivity index (χ3n) is 3.18. The third-order valence-corrected chi connectivity index (χ3v) is 4.56. The molecule has 3 nitrogen and oxygen atoms in total. The lowest BCUT2D eigenvalue weighted by Crippen LogP contribution is -2.19. The van der Waals surface area contributed by atoms with Crippen molar-refractivity contribution in [2.75, 3.05) is 16.8 Å². The van der Waals surface area contributed by atoms with Gasteiger partial charge in [-0.1, -0.05) is 11.6 Å². The summed E-state index contributed by atoms with van der Waals surface area (Å²) in [5.41, 5.74) is 1.02. The summed E-state index contributed by atoms with van der Waals surface area (Å²) in [5, 5.41) is 12.1. The van der Waals surface area contributed by atoms with Crippen molar-refractivity contribution < 1.29 is 4.79 Å². The Bertz CT molecular complexity index is 507. The summed E-state index contributed by atoms with van der Waals surface area (Å²) in [4.78, 5) is 12.0. The van der Waals surface area contributed by atoms with Gasteiger partial charge in [0.1, 0.15) is 0 Å². The van der Waals surface area contributed by atoms with Crippen molar-refractivity contribution in [1.82, 2.24) is 0 Å². The zero-order valence-electron chi connectivity index (χ0n) is 10.5. The molecule has 0 unspecified atom stereocenters. The van der Waals surface area contributed by atoms with Crippen LogP contribution in [0.5, 0.6) is 0 Å². The van der Waals surface area contributed by atoms with Gasteiger partial charge in [-0.25, -0.2) is 0 Å². The topological polar surface area (TPSA) is 52.9 Å². The van der Waals surface area contributed by atoms with Gasteiger partial charge in [-0.3, -0.25) is 4.79 Å². The number of thioether (sulfide) groups is 1. The molecule has 5 heteroatoms. The van der Waals surface area contributed by atoms with E-state index in [1.165, 1.54) is 0 Å². The molecule has 19 heavy (non-hydrogen) atoms. The minimum absolute atomic E-state index is 0.0195. The van der Waals surface area contributed by atoms with Crippen molar-refractivity contribution >= 4 is 35.0 Å². The van der Waals surface area contributed by atoms with Crippen molar-refractivity contribution in [2.45, 2.75) is 19.3 Å². The van der Waals surface area contributed by atoms with Crippen LogP contribution in [0.2, 0.25) is 5.02 Å². The summed E-state index contributed by atoms with van der Waals surface area (Å²) in [5.74, 6) is 2.73. The lowest BCUT2D eigenvalue weighted by Gasteiger charge is -2.20. The highest BCUT2D eigenvalue weighted by Crippen LogP contribution is 2.27. The average molecular weight is 295 g/mol. The lowest BCUT2D eigenvalue weighted by atomic mass is 9.98. The zero-order chi connectivity index (χ0) is 13.7. The SMILES string of the molecule is N#Cc1ccc(Cl)c(NC(=O)CC2CCSCC2)c1. The number of hydrogen-bond acceptors (Lipinski definition) is 3. The van der Waals surface area contributed by atoms with Gasteiger partial charge >= 0.3 is 0 Å². The molecule has 0 saturated carbocycles. The summed E-state index contributed by atoms with van der Waals surface area (Å²) >= 11 is 7.96. The standard InChI is InChI=1S/C14H15ClN2OS/c15-12-2-1-11(9-16)7-13(12)17-14(18)8-10-3-5-19-6-4-10/h1-2,7,10H,3-6,8H2,(H,17,18). The van der Waals surface area contributed by atoms with Crippen molar-refractivity contribution in [3.8, 4) is 6.07 Å². The Balaban J connectivity index is 1.96. The summed E-state index contributed by atoms with van der Waals surface area (Å²) in [6.07, 6.45) is 2.74. The number of halogens is 1. The minimum Gasteiger partial charge on any atom is -0.325 e. The number of nitrogens with one attached hydrogen (secondary N) is 1. The quantitative estimate of drug-likeness (QED) is 0.925. The molecule has 1 amide bonds. The number of benzene rings is 1. The number of carbonyl (C=O) groups excluding carboxylic acids is 1. The van der Waals surface area contributed by atoms with Crippen molar-refractivity contribution in [1.29, 1.82) is 5.26 Å². The largest absolute Gasteiger partial charge is 0.325 e. The number of rotatable bonds is 3. The molecule has 0 spiro atoms. The second-order valence-corrected chi connectivity index (χ2v) is 6.25. The monoisotopic (exact) mass is 294 g/mol. The molecule has 1 fully saturated rings. The number of carbonyl (C=O) groups is 1. The van der Waals surface area contributed by atoms with Crippen molar-refractivity contribution in [2.24, 2.45) is 5.92 Å². The number of anilines is 1. The average Bonchev–Trinajstić information content (AvgIpc) is 2.42. The van der Waals surface area contributed by atoms with Gasteiger partial charge in [0.25, 0.3) is 0 Å². The Morgan fingerprint density at radius 3 is 2.89 bits per heavy atom. The maximum Gasteiger partial charge on any atom is 0.224 e. The van der Waals surface area contributed by atoms with Crippen LogP contribution >= 0.6 is 23.4 Å². The van der Waals surface area contributed by atoms with Gasteiger partial charge in [0.15, 0.2) is 0 Å². The molecular formula is C14H15ClN2OS. The summed E-state index contributed by atoms with van der Waals surface area (Å²) in [7, 11) is 0. The fourth-order valence-electron chi connectivity index (χ4n) is 2.10. The molecule has 0 radical (unpaired) electrons. The maximum atomic E-state index is 12.0. The summed E-state index contributed by atoms with van der Waals surface area (Å²) < 4.78 is 0. The number of nitrogens with zero attached hydrogens (tertiary/aromatic N) is 1. The smallest absolute Gasteiger partial charge is 0.224 e. The number of amides is 1. The van der Waals surface area contributed by atoms with Crippen LogP contribution in [0, 0.1) is 17.2 Å². The molecule has 100 valence electrons. The lowest BCUT2D eigenvalue weighted by molar-refractivity contribution is -0.117. The van der Waals surface area contributed by atoms with Gasteiger partial charge in [-0.15, -0.1) is 0 Å². The first-order valence-corrected chi connectivity index (χ1v) is 7.79. The van der Waals surface area contributed by atoms with E-state index in [0.29, 0.717) is 28.6 Å². The highest BCUT2D eigenvalue weighted by molar-refractivity contribution is 7.99. The van der Waals surface area contributed by atoms with Crippen LogP contribution < -0.4 is 5.32 Å². The summed E-state index contributed by atoms with van der Waals surface area (Å²) in [6.45, 7) is 0. The molecular weight excluding hydrogens is 280 g/mol. The Labute approximate surface area is 122 Å². The second kappa shape index (κ2) is 6.83. The van der Waals surface area contributed by atoms with Crippen LogP contribution in [-0.4, -0.2) is 17.4 Å². The van der Waals surface area contributed by atoms with Crippen LogP contribution in [-0.2, 0) is 4.79 Å². The molecule has 1 aromatic rings. The van der Waals surface area contributed by atoms with Crippen molar-refractivity contribution in [3.63, 3.8) is 0 Å².